The van der Waals surface area contributed by atoms with E-state index in [0.717, 1.165) is 11.3 Å². The topological polar surface area (TPSA) is 78.7 Å². The molecule has 3 rings (SSSR count). The summed E-state index contributed by atoms with van der Waals surface area (Å²) in [7, 11) is 1.73. The van der Waals surface area contributed by atoms with Gasteiger partial charge in [-0.15, -0.1) is 0 Å². The average Bonchev–Trinajstić information content (AvgIpc) is 3.27. The molecule has 0 aliphatic heterocycles. The van der Waals surface area contributed by atoms with E-state index in [1.54, 1.807) is 25.4 Å². The standard InChI is InChI=1S/C22H24N4O2/c1-23-22(25-14-17-7-3-2-4-8-17)26-15-18-9-5-10-19(13-18)21(27)24-16-20-11-6-12-28-20/h2-13H,14-16H2,1H3,(H,24,27)(H2,23,25,26). The van der Waals surface area contributed by atoms with Crippen molar-refractivity contribution in [2.24, 2.45) is 4.99 Å². The molecule has 0 radical (unpaired) electrons. The molecule has 0 fully saturated rings. The molecule has 6 heteroatoms. The Hall–Kier alpha value is -3.54. The number of carbonyl (C=O) groups is 1. The maximum atomic E-state index is 12.3. The van der Waals surface area contributed by atoms with E-state index in [1.165, 1.54) is 5.56 Å². The Labute approximate surface area is 164 Å². The summed E-state index contributed by atoms with van der Waals surface area (Å²) in [6, 6.07) is 21.3. The lowest BCUT2D eigenvalue weighted by molar-refractivity contribution is 0.0948. The Kier molecular flexibility index (Phi) is 6.84. The third-order valence-electron chi connectivity index (χ3n) is 4.18. The second kappa shape index (κ2) is 9.97. The van der Waals surface area contributed by atoms with Gasteiger partial charge in [0.15, 0.2) is 5.96 Å². The largest absolute Gasteiger partial charge is 0.467 e. The molecule has 2 aromatic carbocycles. The molecule has 0 aliphatic carbocycles. The van der Waals surface area contributed by atoms with Crippen LogP contribution in [0.1, 0.15) is 27.2 Å². The fourth-order valence-electron chi connectivity index (χ4n) is 2.69. The van der Waals surface area contributed by atoms with Crippen LogP contribution in [-0.4, -0.2) is 18.9 Å². The Morgan fingerprint density at radius 2 is 1.61 bits per heavy atom. The molecule has 3 aromatic rings. The number of furan rings is 1. The minimum Gasteiger partial charge on any atom is -0.467 e. The van der Waals surface area contributed by atoms with Crippen molar-refractivity contribution >= 4 is 11.9 Å². The minimum absolute atomic E-state index is 0.134. The quantitative estimate of drug-likeness (QED) is 0.437. The van der Waals surface area contributed by atoms with E-state index < -0.39 is 0 Å². The first-order chi connectivity index (χ1) is 13.7. The van der Waals surface area contributed by atoms with Gasteiger partial charge in [-0.2, -0.15) is 0 Å². The first-order valence-electron chi connectivity index (χ1n) is 9.12. The van der Waals surface area contributed by atoms with Gasteiger partial charge in [0.05, 0.1) is 12.8 Å². The normalized spacial score (nSPS) is 11.1. The van der Waals surface area contributed by atoms with E-state index in [0.29, 0.717) is 31.2 Å². The van der Waals surface area contributed by atoms with Crippen molar-refractivity contribution in [2.75, 3.05) is 7.05 Å². The highest BCUT2D eigenvalue weighted by molar-refractivity contribution is 5.94. The summed E-state index contributed by atoms with van der Waals surface area (Å²) < 4.78 is 5.23. The van der Waals surface area contributed by atoms with E-state index in [2.05, 4.69) is 33.1 Å². The predicted octanol–water partition coefficient (Wildman–Crippen LogP) is 3.07. The Bertz CT molecular complexity index is 905. The van der Waals surface area contributed by atoms with Gasteiger partial charge in [-0.05, 0) is 35.4 Å². The number of carbonyl (C=O) groups excluding carboxylic acids is 1. The number of amides is 1. The van der Waals surface area contributed by atoms with Gasteiger partial charge in [0, 0.05) is 25.7 Å². The van der Waals surface area contributed by atoms with E-state index in [4.69, 9.17) is 4.42 Å². The van der Waals surface area contributed by atoms with Gasteiger partial charge < -0.3 is 20.4 Å². The molecule has 144 valence electrons. The number of hydrogen-bond donors (Lipinski definition) is 3. The first kappa shape index (κ1) is 19.2. The van der Waals surface area contributed by atoms with Crippen LogP contribution in [-0.2, 0) is 19.6 Å². The zero-order chi connectivity index (χ0) is 19.6. The highest BCUT2D eigenvalue weighted by atomic mass is 16.3. The Morgan fingerprint density at radius 3 is 2.32 bits per heavy atom. The summed E-state index contributed by atoms with van der Waals surface area (Å²) in [6.07, 6.45) is 1.59. The summed E-state index contributed by atoms with van der Waals surface area (Å²) >= 11 is 0. The Balaban J connectivity index is 1.51. The number of nitrogens with zero attached hydrogens (tertiary/aromatic N) is 1. The molecular formula is C22H24N4O2. The number of benzene rings is 2. The number of nitrogens with one attached hydrogen (secondary N) is 3. The van der Waals surface area contributed by atoms with Crippen molar-refractivity contribution in [3.63, 3.8) is 0 Å². The van der Waals surface area contributed by atoms with Crippen LogP contribution in [0.15, 0.2) is 82.4 Å². The van der Waals surface area contributed by atoms with Crippen LogP contribution in [0.5, 0.6) is 0 Å². The highest BCUT2D eigenvalue weighted by Crippen LogP contribution is 2.06. The number of aliphatic imine (C=N–C) groups is 1. The van der Waals surface area contributed by atoms with Gasteiger partial charge in [0.1, 0.15) is 5.76 Å². The van der Waals surface area contributed by atoms with Gasteiger partial charge in [0.2, 0.25) is 0 Å². The predicted molar refractivity (Wildman–Crippen MR) is 110 cm³/mol. The lowest BCUT2D eigenvalue weighted by Crippen LogP contribution is -2.36. The van der Waals surface area contributed by atoms with Crippen LogP contribution in [0, 0.1) is 0 Å². The summed E-state index contributed by atoms with van der Waals surface area (Å²) in [5.41, 5.74) is 2.78. The summed E-state index contributed by atoms with van der Waals surface area (Å²) in [6.45, 7) is 1.62. The van der Waals surface area contributed by atoms with Crippen LogP contribution < -0.4 is 16.0 Å². The second-order valence-corrected chi connectivity index (χ2v) is 6.23. The van der Waals surface area contributed by atoms with Crippen LogP contribution in [0.2, 0.25) is 0 Å². The van der Waals surface area contributed by atoms with E-state index in [1.807, 2.05) is 42.5 Å². The van der Waals surface area contributed by atoms with Crippen LogP contribution >= 0.6 is 0 Å². The van der Waals surface area contributed by atoms with Crippen molar-refractivity contribution in [2.45, 2.75) is 19.6 Å². The molecule has 28 heavy (non-hydrogen) atoms. The zero-order valence-electron chi connectivity index (χ0n) is 15.8. The Morgan fingerprint density at radius 1 is 0.857 bits per heavy atom. The van der Waals surface area contributed by atoms with Gasteiger partial charge in [-0.1, -0.05) is 42.5 Å². The van der Waals surface area contributed by atoms with E-state index >= 15 is 0 Å². The van der Waals surface area contributed by atoms with Gasteiger partial charge >= 0.3 is 0 Å². The summed E-state index contributed by atoms with van der Waals surface area (Å²) in [5.74, 6) is 1.29. The summed E-state index contributed by atoms with van der Waals surface area (Å²) in [5, 5.41) is 9.40. The monoisotopic (exact) mass is 376 g/mol. The molecule has 3 N–H and O–H groups in total. The van der Waals surface area contributed by atoms with E-state index in [-0.39, 0.29) is 5.91 Å². The van der Waals surface area contributed by atoms with Crippen molar-refractivity contribution in [1.82, 2.24) is 16.0 Å². The molecule has 0 spiro atoms. The number of hydrogen-bond acceptors (Lipinski definition) is 3. The van der Waals surface area contributed by atoms with Crippen molar-refractivity contribution in [3.05, 3.63) is 95.4 Å². The van der Waals surface area contributed by atoms with E-state index in [9.17, 15) is 4.79 Å². The number of guanidine groups is 1. The second-order valence-electron chi connectivity index (χ2n) is 6.23. The number of rotatable bonds is 7. The smallest absolute Gasteiger partial charge is 0.251 e. The molecule has 1 heterocycles. The summed E-state index contributed by atoms with van der Waals surface area (Å²) in [4.78, 5) is 16.6. The molecule has 6 nitrogen and oxygen atoms in total. The SMILES string of the molecule is CN=C(NCc1ccccc1)NCc1cccc(C(=O)NCc2ccco2)c1. The zero-order valence-corrected chi connectivity index (χ0v) is 15.8. The van der Waals surface area contributed by atoms with Gasteiger partial charge in [0.25, 0.3) is 5.91 Å². The minimum atomic E-state index is -0.134. The molecule has 0 unspecified atom stereocenters. The lowest BCUT2D eigenvalue weighted by Gasteiger charge is -2.12. The third-order valence-corrected chi connectivity index (χ3v) is 4.18. The van der Waals surface area contributed by atoms with Gasteiger partial charge in [-0.25, -0.2) is 0 Å². The molecule has 0 aliphatic rings. The van der Waals surface area contributed by atoms with Crippen molar-refractivity contribution in [3.8, 4) is 0 Å². The fraction of sp³-hybridized carbons (Fsp3) is 0.182. The molecular weight excluding hydrogens is 352 g/mol. The lowest BCUT2D eigenvalue weighted by atomic mass is 10.1. The maximum Gasteiger partial charge on any atom is 0.251 e. The fourth-order valence-corrected chi connectivity index (χ4v) is 2.69. The highest BCUT2D eigenvalue weighted by Gasteiger charge is 2.07. The molecule has 0 saturated carbocycles. The first-order valence-corrected chi connectivity index (χ1v) is 9.12. The molecule has 1 amide bonds. The third kappa shape index (κ3) is 5.74. The molecule has 0 bridgehead atoms. The van der Waals surface area contributed by atoms with Crippen LogP contribution in [0.25, 0.3) is 0 Å². The molecule has 0 atom stereocenters. The van der Waals surface area contributed by atoms with Crippen molar-refractivity contribution in [1.29, 1.82) is 0 Å². The average molecular weight is 376 g/mol. The van der Waals surface area contributed by atoms with Crippen LogP contribution in [0.4, 0.5) is 0 Å². The van der Waals surface area contributed by atoms with Gasteiger partial charge in [-0.3, -0.25) is 9.79 Å². The van der Waals surface area contributed by atoms with Crippen molar-refractivity contribution < 1.29 is 9.21 Å². The van der Waals surface area contributed by atoms with Crippen LogP contribution in [0.3, 0.4) is 0 Å². The molecule has 0 saturated heterocycles. The molecule has 1 aromatic heterocycles. The maximum absolute atomic E-state index is 12.3.